The highest BCUT2D eigenvalue weighted by atomic mass is 35.5. The quantitative estimate of drug-likeness (QED) is 0.646. The summed E-state index contributed by atoms with van der Waals surface area (Å²) in [7, 11) is 0. The molecule has 1 heterocycles. The number of allylic oxidation sites excluding steroid dienone is 1. The highest BCUT2D eigenvalue weighted by Crippen LogP contribution is 2.33. The number of halogens is 2. The van der Waals surface area contributed by atoms with Crippen LogP contribution in [0.2, 0.25) is 10.0 Å². The molecule has 0 aliphatic rings. The molecule has 4 nitrogen and oxygen atoms in total. The normalized spacial score (nSPS) is 11.7. The van der Waals surface area contributed by atoms with Crippen molar-refractivity contribution in [3.8, 4) is 11.8 Å². The highest BCUT2D eigenvalue weighted by Gasteiger charge is 2.10. The summed E-state index contributed by atoms with van der Waals surface area (Å²) < 4.78 is 0. The minimum Gasteiger partial charge on any atom is -0.505 e. The molecule has 0 aliphatic carbocycles. The second kappa shape index (κ2) is 5.96. The monoisotopic (exact) mass is 343 g/mol. The van der Waals surface area contributed by atoms with Gasteiger partial charge in [-0.25, -0.2) is 4.98 Å². The number of phenolic OH excluding ortho intramolecular Hbond substituents is 1. The number of hydrogen-bond donors (Lipinski definition) is 2. The van der Waals surface area contributed by atoms with Crippen molar-refractivity contribution in [2.24, 2.45) is 0 Å². The second-order valence-electron chi connectivity index (χ2n) is 5.11. The van der Waals surface area contributed by atoms with E-state index in [2.05, 4.69) is 16.0 Å². The first-order chi connectivity index (χ1) is 11.0. The first-order valence-electron chi connectivity index (χ1n) is 6.74. The average molecular weight is 344 g/mol. The molecule has 0 fully saturated rings. The Bertz CT molecular complexity index is 960. The van der Waals surface area contributed by atoms with Gasteiger partial charge >= 0.3 is 0 Å². The minimum atomic E-state index is -0.178. The summed E-state index contributed by atoms with van der Waals surface area (Å²) in [5.41, 5.74) is 3.70. The lowest BCUT2D eigenvalue weighted by atomic mass is 10.1. The van der Waals surface area contributed by atoms with Gasteiger partial charge in [-0.05, 0) is 48.4 Å². The number of hydrogen-bond acceptors (Lipinski definition) is 3. The van der Waals surface area contributed by atoms with Crippen molar-refractivity contribution in [3.63, 3.8) is 0 Å². The van der Waals surface area contributed by atoms with Crippen LogP contribution in [0.1, 0.15) is 17.0 Å². The molecule has 0 aliphatic heterocycles. The summed E-state index contributed by atoms with van der Waals surface area (Å²) in [4.78, 5) is 7.55. The van der Waals surface area contributed by atoms with Crippen molar-refractivity contribution in [3.05, 3.63) is 57.3 Å². The van der Waals surface area contributed by atoms with Crippen molar-refractivity contribution in [1.29, 1.82) is 5.26 Å². The van der Waals surface area contributed by atoms with E-state index in [1.807, 2.05) is 25.1 Å². The number of aryl methyl sites for hydroxylation is 1. The third kappa shape index (κ3) is 3.02. The van der Waals surface area contributed by atoms with Crippen LogP contribution < -0.4 is 0 Å². The number of aromatic hydroxyl groups is 1. The summed E-state index contributed by atoms with van der Waals surface area (Å²) >= 11 is 11.8. The third-order valence-electron chi connectivity index (χ3n) is 3.36. The Balaban J connectivity index is 2.09. The van der Waals surface area contributed by atoms with Gasteiger partial charge in [-0.1, -0.05) is 29.3 Å². The zero-order valence-electron chi connectivity index (χ0n) is 12.1. The van der Waals surface area contributed by atoms with E-state index >= 15 is 0 Å². The lowest BCUT2D eigenvalue weighted by molar-refractivity contribution is 0.476. The largest absolute Gasteiger partial charge is 0.505 e. The summed E-state index contributed by atoms with van der Waals surface area (Å²) in [6, 6.07) is 11.0. The Labute approximate surface area is 142 Å². The maximum Gasteiger partial charge on any atom is 0.152 e. The van der Waals surface area contributed by atoms with E-state index < -0.39 is 0 Å². The molecule has 0 saturated carbocycles. The molecular formula is C17H11Cl2N3O. The predicted octanol–water partition coefficient (Wildman–Crippen LogP) is 4.95. The SMILES string of the molecule is Cc1ccc2nc(C(C#N)=Cc3cc(Cl)c(O)c(Cl)c3)[nH]c2c1. The number of aromatic amines is 1. The smallest absolute Gasteiger partial charge is 0.152 e. The second-order valence-corrected chi connectivity index (χ2v) is 5.92. The van der Waals surface area contributed by atoms with Crippen LogP contribution in [-0.4, -0.2) is 15.1 Å². The number of rotatable bonds is 2. The van der Waals surface area contributed by atoms with Crippen LogP contribution in [0.15, 0.2) is 30.3 Å². The van der Waals surface area contributed by atoms with E-state index in [0.717, 1.165) is 16.6 Å². The molecule has 23 heavy (non-hydrogen) atoms. The molecule has 0 spiro atoms. The number of H-pyrrole nitrogens is 1. The van der Waals surface area contributed by atoms with E-state index in [1.165, 1.54) is 12.1 Å². The van der Waals surface area contributed by atoms with Gasteiger partial charge in [0.25, 0.3) is 0 Å². The van der Waals surface area contributed by atoms with Crippen molar-refractivity contribution >= 4 is 45.9 Å². The number of nitrogens with zero attached hydrogens (tertiary/aromatic N) is 2. The van der Waals surface area contributed by atoms with Crippen LogP contribution in [0.3, 0.4) is 0 Å². The summed E-state index contributed by atoms with van der Waals surface area (Å²) in [6.07, 6.45) is 1.61. The molecule has 0 amide bonds. The zero-order valence-corrected chi connectivity index (χ0v) is 13.6. The Morgan fingerprint density at radius 2 is 1.96 bits per heavy atom. The lowest BCUT2D eigenvalue weighted by Crippen LogP contribution is -1.85. The Hall–Kier alpha value is -2.48. The molecular weight excluding hydrogens is 333 g/mol. The standard InChI is InChI=1S/C17H11Cl2N3O/c1-9-2-3-14-15(4-9)22-17(21-14)11(8-20)5-10-6-12(18)16(23)13(19)7-10/h2-7,23H,1H3,(H,21,22). The van der Waals surface area contributed by atoms with Crippen molar-refractivity contribution in [2.75, 3.05) is 0 Å². The maximum absolute atomic E-state index is 9.59. The Morgan fingerprint density at radius 3 is 2.61 bits per heavy atom. The Morgan fingerprint density at radius 1 is 1.26 bits per heavy atom. The molecule has 0 atom stereocenters. The Kier molecular flexibility index (Phi) is 3.99. The van der Waals surface area contributed by atoms with Crippen LogP contribution >= 0.6 is 23.2 Å². The molecule has 0 bridgehead atoms. The van der Waals surface area contributed by atoms with Gasteiger partial charge in [0, 0.05) is 0 Å². The zero-order chi connectivity index (χ0) is 16.6. The van der Waals surface area contributed by atoms with Gasteiger partial charge in [0.1, 0.15) is 11.9 Å². The fourth-order valence-electron chi connectivity index (χ4n) is 2.24. The molecule has 1 aromatic heterocycles. The number of aromatic nitrogens is 2. The van der Waals surface area contributed by atoms with E-state index in [9.17, 15) is 10.4 Å². The van der Waals surface area contributed by atoms with Crippen LogP contribution in [0, 0.1) is 18.3 Å². The van der Waals surface area contributed by atoms with Gasteiger partial charge in [0.05, 0.1) is 26.7 Å². The van der Waals surface area contributed by atoms with Crippen LogP contribution in [0.25, 0.3) is 22.7 Å². The topological polar surface area (TPSA) is 72.7 Å². The van der Waals surface area contributed by atoms with Crippen molar-refractivity contribution in [1.82, 2.24) is 9.97 Å². The van der Waals surface area contributed by atoms with E-state index in [4.69, 9.17) is 23.2 Å². The number of benzene rings is 2. The van der Waals surface area contributed by atoms with Crippen LogP contribution in [0.5, 0.6) is 5.75 Å². The fraction of sp³-hybridized carbons (Fsp3) is 0.0588. The maximum atomic E-state index is 9.59. The number of nitriles is 1. The molecule has 6 heteroatoms. The summed E-state index contributed by atoms with van der Waals surface area (Å²) in [5.74, 6) is 0.289. The lowest BCUT2D eigenvalue weighted by Gasteiger charge is -2.02. The van der Waals surface area contributed by atoms with Gasteiger partial charge in [-0.15, -0.1) is 0 Å². The highest BCUT2D eigenvalue weighted by molar-refractivity contribution is 6.37. The average Bonchev–Trinajstić information content (AvgIpc) is 2.92. The van der Waals surface area contributed by atoms with Gasteiger partial charge in [0.2, 0.25) is 0 Å². The number of imidazole rings is 1. The van der Waals surface area contributed by atoms with E-state index in [1.54, 1.807) is 6.08 Å². The fourth-order valence-corrected chi connectivity index (χ4v) is 2.74. The van der Waals surface area contributed by atoms with Gasteiger partial charge < -0.3 is 10.1 Å². The molecule has 2 aromatic carbocycles. The molecule has 2 N–H and O–H groups in total. The molecule has 114 valence electrons. The van der Waals surface area contributed by atoms with Gasteiger partial charge in [0.15, 0.2) is 5.75 Å². The summed E-state index contributed by atoms with van der Waals surface area (Å²) in [5, 5.41) is 19.3. The number of phenols is 1. The van der Waals surface area contributed by atoms with Crippen molar-refractivity contribution < 1.29 is 5.11 Å². The van der Waals surface area contributed by atoms with Crippen LogP contribution in [-0.2, 0) is 0 Å². The van der Waals surface area contributed by atoms with E-state index in [0.29, 0.717) is 17.0 Å². The third-order valence-corrected chi connectivity index (χ3v) is 3.94. The summed E-state index contributed by atoms with van der Waals surface area (Å²) in [6.45, 7) is 1.99. The number of fused-ring (bicyclic) bond motifs is 1. The molecule has 3 aromatic rings. The van der Waals surface area contributed by atoms with Crippen LogP contribution in [0.4, 0.5) is 0 Å². The predicted molar refractivity (Wildman–Crippen MR) is 92.4 cm³/mol. The van der Waals surface area contributed by atoms with Gasteiger partial charge in [-0.2, -0.15) is 5.26 Å². The molecule has 0 radical (unpaired) electrons. The van der Waals surface area contributed by atoms with E-state index in [-0.39, 0.29) is 15.8 Å². The minimum absolute atomic E-state index is 0.126. The first kappa shape index (κ1) is 15.4. The first-order valence-corrected chi connectivity index (χ1v) is 7.50. The molecule has 0 unspecified atom stereocenters. The van der Waals surface area contributed by atoms with Crippen molar-refractivity contribution in [2.45, 2.75) is 6.92 Å². The number of nitrogens with one attached hydrogen (secondary N) is 1. The van der Waals surface area contributed by atoms with Gasteiger partial charge in [-0.3, -0.25) is 0 Å². The molecule has 0 saturated heterocycles. The molecule has 3 rings (SSSR count).